The Morgan fingerprint density at radius 3 is 2.90 bits per heavy atom. The van der Waals surface area contributed by atoms with Gasteiger partial charge in [0.25, 0.3) is 5.91 Å². The summed E-state index contributed by atoms with van der Waals surface area (Å²) >= 11 is 0. The maximum atomic E-state index is 12.7. The predicted molar refractivity (Wildman–Crippen MR) is 123 cm³/mol. The number of carbonyl (C=O) groups is 1. The molecular weight excluding hydrogens is 390 g/mol. The van der Waals surface area contributed by atoms with Crippen molar-refractivity contribution < 1.29 is 4.79 Å². The summed E-state index contributed by atoms with van der Waals surface area (Å²) in [5, 5.41) is 6.12. The van der Waals surface area contributed by atoms with Crippen molar-refractivity contribution in [3.8, 4) is 11.3 Å². The Kier molecular flexibility index (Phi) is 4.68. The first-order valence-corrected chi connectivity index (χ1v) is 10.4. The molecule has 31 heavy (non-hydrogen) atoms. The number of H-pyrrole nitrogens is 1. The second-order valence-electron chi connectivity index (χ2n) is 8.48. The number of aromatic nitrogens is 2. The van der Waals surface area contributed by atoms with Crippen LogP contribution in [0.2, 0.25) is 0 Å². The standard InChI is InChI=1S/C23H27N7O/c1-28(2)8-7-24-23(31)14-5-6-20-16(9-14)18(13-29(20)3)19-10-17-21-15(12-26-30(21)4)11-25-22(17)27-19/h5-6,9-13,21,26-27H,7-8H2,1-4H3,(H,24,31). The Balaban J connectivity index is 1.51. The Hall–Kier alpha value is -3.36. The number of aromatic amines is 1. The van der Waals surface area contributed by atoms with E-state index < -0.39 is 0 Å². The highest BCUT2D eigenvalue weighted by molar-refractivity contribution is 6.03. The quantitative estimate of drug-likeness (QED) is 0.596. The van der Waals surface area contributed by atoms with Crippen molar-refractivity contribution in [2.45, 2.75) is 6.04 Å². The van der Waals surface area contributed by atoms with Crippen LogP contribution in [0.15, 0.2) is 47.2 Å². The second-order valence-corrected chi connectivity index (χ2v) is 8.48. The van der Waals surface area contributed by atoms with Crippen LogP contribution in [0.25, 0.3) is 22.2 Å². The van der Waals surface area contributed by atoms with Gasteiger partial charge in [-0.1, -0.05) is 0 Å². The molecule has 4 heterocycles. The minimum Gasteiger partial charge on any atom is -0.351 e. The van der Waals surface area contributed by atoms with E-state index in [0.29, 0.717) is 12.1 Å². The number of rotatable bonds is 5. The van der Waals surface area contributed by atoms with Gasteiger partial charge in [0.05, 0.1) is 6.04 Å². The van der Waals surface area contributed by atoms with Crippen LogP contribution in [-0.2, 0) is 7.05 Å². The lowest BCUT2D eigenvalue weighted by Gasteiger charge is -2.23. The molecule has 3 aromatic rings. The smallest absolute Gasteiger partial charge is 0.251 e. The van der Waals surface area contributed by atoms with Gasteiger partial charge in [-0.05, 0) is 38.4 Å². The number of hydrogen-bond donors (Lipinski definition) is 3. The summed E-state index contributed by atoms with van der Waals surface area (Å²) in [4.78, 5) is 22.8. The van der Waals surface area contributed by atoms with E-state index in [4.69, 9.17) is 0 Å². The van der Waals surface area contributed by atoms with Gasteiger partial charge in [-0.25, -0.2) is 10.0 Å². The molecule has 2 aliphatic rings. The molecule has 0 saturated heterocycles. The van der Waals surface area contributed by atoms with Crippen molar-refractivity contribution in [3.63, 3.8) is 0 Å². The molecule has 1 unspecified atom stereocenters. The summed E-state index contributed by atoms with van der Waals surface area (Å²) in [6.07, 6.45) is 6.00. The molecule has 8 nitrogen and oxygen atoms in total. The summed E-state index contributed by atoms with van der Waals surface area (Å²) in [5.41, 5.74) is 9.34. The maximum Gasteiger partial charge on any atom is 0.251 e. The van der Waals surface area contributed by atoms with E-state index in [-0.39, 0.29) is 11.9 Å². The monoisotopic (exact) mass is 417 g/mol. The van der Waals surface area contributed by atoms with Gasteiger partial charge in [0, 0.05) is 84.7 Å². The first-order chi connectivity index (χ1) is 14.9. The Bertz CT molecular complexity index is 1230. The molecule has 2 aliphatic heterocycles. The van der Waals surface area contributed by atoms with Crippen LogP contribution in [0, 0.1) is 0 Å². The minimum absolute atomic E-state index is 0.0534. The first-order valence-electron chi connectivity index (χ1n) is 10.4. The van der Waals surface area contributed by atoms with Crippen molar-refractivity contribution in [2.75, 3.05) is 34.2 Å². The first kappa shape index (κ1) is 19.6. The fourth-order valence-electron chi connectivity index (χ4n) is 4.35. The Morgan fingerprint density at radius 1 is 1.26 bits per heavy atom. The van der Waals surface area contributed by atoms with E-state index >= 15 is 0 Å². The van der Waals surface area contributed by atoms with E-state index in [1.165, 1.54) is 0 Å². The summed E-state index contributed by atoms with van der Waals surface area (Å²) < 4.78 is 2.09. The van der Waals surface area contributed by atoms with Crippen LogP contribution in [0.3, 0.4) is 0 Å². The van der Waals surface area contributed by atoms with Crippen molar-refractivity contribution in [1.82, 2.24) is 30.2 Å². The number of amides is 1. The number of hydrogen-bond acceptors (Lipinski definition) is 5. The zero-order valence-electron chi connectivity index (χ0n) is 18.2. The number of hydrazine groups is 1. The third-order valence-electron chi connectivity index (χ3n) is 5.99. The van der Waals surface area contributed by atoms with E-state index in [2.05, 4.69) is 42.6 Å². The van der Waals surface area contributed by atoms with Gasteiger partial charge in [-0.15, -0.1) is 0 Å². The molecular formula is C23H27N7O. The molecule has 1 atom stereocenters. The summed E-state index contributed by atoms with van der Waals surface area (Å²) in [6, 6.07) is 8.19. The van der Waals surface area contributed by atoms with Crippen molar-refractivity contribution in [2.24, 2.45) is 12.0 Å². The van der Waals surface area contributed by atoms with Gasteiger partial charge >= 0.3 is 0 Å². The highest BCUT2D eigenvalue weighted by atomic mass is 16.1. The number of carbonyl (C=O) groups excluding carboxylic acids is 1. The van der Waals surface area contributed by atoms with Crippen LogP contribution in [0.1, 0.15) is 22.0 Å². The predicted octanol–water partition coefficient (Wildman–Crippen LogP) is 2.56. The van der Waals surface area contributed by atoms with E-state index in [1.807, 2.05) is 63.7 Å². The molecule has 0 aliphatic carbocycles. The number of aryl methyl sites for hydroxylation is 1. The normalized spacial score (nSPS) is 17.6. The van der Waals surface area contributed by atoms with Gasteiger partial charge in [-0.2, -0.15) is 0 Å². The number of aliphatic imine (C=N–C) groups is 1. The molecule has 0 spiro atoms. The Labute approximate surface area is 181 Å². The van der Waals surface area contributed by atoms with E-state index in [0.717, 1.165) is 45.7 Å². The molecule has 8 heteroatoms. The maximum absolute atomic E-state index is 12.7. The lowest BCUT2D eigenvalue weighted by molar-refractivity contribution is 0.0951. The Morgan fingerprint density at radius 2 is 2.10 bits per heavy atom. The highest BCUT2D eigenvalue weighted by Crippen LogP contribution is 2.42. The molecule has 0 radical (unpaired) electrons. The highest BCUT2D eigenvalue weighted by Gasteiger charge is 2.32. The summed E-state index contributed by atoms with van der Waals surface area (Å²) in [6.45, 7) is 1.42. The molecule has 5 rings (SSSR count). The second kappa shape index (κ2) is 7.40. The van der Waals surface area contributed by atoms with Crippen LogP contribution < -0.4 is 10.7 Å². The summed E-state index contributed by atoms with van der Waals surface area (Å²) in [5.74, 6) is 0.824. The minimum atomic E-state index is -0.0534. The molecule has 0 fully saturated rings. The van der Waals surface area contributed by atoms with Crippen molar-refractivity contribution in [1.29, 1.82) is 0 Å². The van der Waals surface area contributed by atoms with Gasteiger partial charge in [0.2, 0.25) is 0 Å². The third kappa shape index (κ3) is 3.34. The van der Waals surface area contributed by atoms with Gasteiger partial charge in [-0.3, -0.25) is 4.79 Å². The lowest BCUT2D eigenvalue weighted by Crippen LogP contribution is -2.31. The molecule has 2 aromatic heterocycles. The molecule has 3 N–H and O–H groups in total. The zero-order chi connectivity index (χ0) is 21.7. The number of fused-ring (bicyclic) bond motifs is 4. The fourth-order valence-corrected chi connectivity index (χ4v) is 4.35. The van der Waals surface area contributed by atoms with Crippen LogP contribution in [0.5, 0.6) is 0 Å². The fraction of sp³-hybridized carbons (Fsp3) is 0.304. The molecule has 160 valence electrons. The third-order valence-corrected chi connectivity index (χ3v) is 5.99. The number of benzene rings is 1. The van der Waals surface area contributed by atoms with Gasteiger partial charge in [0.1, 0.15) is 5.82 Å². The van der Waals surface area contributed by atoms with Gasteiger partial charge in [0.15, 0.2) is 0 Å². The molecule has 1 amide bonds. The average Bonchev–Trinajstić information content (AvgIpc) is 3.42. The number of nitrogens with one attached hydrogen (secondary N) is 3. The van der Waals surface area contributed by atoms with Crippen molar-refractivity contribution in [3.05, 3.63) is 53.4 Å². The number of nitrogens with zero attached hydrogens (tertiary/aromatic N) is 4. The average molecular weight is 418 g/mol. The van der Waals surface area contributed by atoms with E-state index in [9.17, 15) is 4.79 Å². The lowest BCUT2D eigenvalue weighted by atomic mass is 9.99. The molecule has 1 aromatic carbocycles. The largest absolute Gasteiger partial charge is 0.351 e. The van der Waals surface area contributed by atoms with Crippen LogP contribution in [-0.4, -0.2) is 65.8 Å². The van der Waals surface area contributed by atoms with E-state index in [1.54, 1.807) is 0 Å². The number of likely N-dealkylation sites (N-methyl/N-ethyl adjacent to an activating group) is 2. The molecule has 0 bridgehead atoms. The van der Waals surface area contributed by atoms with Crippen LogP contribution in [0.4, 0.5) is 5.82 Å². The van der Waals surface area contributed by atoms with Crippen molar-refractivity contribution >= 4 is 28.8 Å². The SMILES string of the molecule is CN(C)CCNC(=O)c1ccc2c(c1)c(-c1cc3c([nH]1)N=CC1=CNN(C)C13)cn2C. The zero-order valence-corrected chi connectivity index (χ0v) is 18.2. The topological polar surface area (TPSA) is 80.7 Å². The van der Waals surface area contributed by atoms with Gasteiger partial charge < -0.3 is 25.2 Å². The summed E-state index contributed by atoms with van der Waals surface area (Å²) in [7, 11) is 8.04. The molecule has 0 saturated carbocycles. The van der Waals surface area contributed by atoms with Crippen LogP contribution >= 0.6 is 0 Å².